The van der Waals surface area contributed by atoms with Crippen molar-refractivity contribution >= 4 is 29.2 Å². The quantitative estimate of drug-likeness (QED) is 0.0723. The van der Waals surface area contributed by atoms with Crippen LogP contribution in [-0.4, -0.2) is 164 Å². The first-order valence-electron chi connectivity index (χ1n) is 26.9. The summed E-state index contributed by atoms with van der Waals surface area (Å²) in [6, 6.07) is -1.23. The predicted octanol–water partition coefficient (Wildman–Crippen LogP) is 7.15. The van der Waals surface area contributed by atoms with E-state index >= 15 is 0 Å². The number of methoxy groups -OCH3 is 2. The minimum Gasteiger partial charge on any atom is -0.460 e. The summed E-state index contributed by atoms with van der Waals surface area (Å²) in [5.74, 6) is -8.98. The maximum Gasteiger partial charge on any atom is 0.411 e. The molecule has 2 bridgehead atoms. The van der Waals surface area contributed by atoms with Crippen LogP contribution in [0.2, 0.25) is 0 Å². The van der Waals surface area contributed by atoms with Crippen LogP contribution in [0.25, 0.3) is 0 Å². The highest BCUT2D eigenvalue weighted by Gasteiger charge is 2.53. The molecule has 3 aliphatic heterocycles. The Balaban J connectivity index is 1.71. The number of alkyl halides is 3. The number of nitrogens with zero attached hydrogens (tertiary/aromatic N) is 1. The van der Waals surface area contributed by atoms with E-state index in [1.54, 1.807) is 72.1 Å². The molecule has 0 radical (unpaired) electrons. The van der Waals surface area contributed by atoms with E-state index in [-0.39, 0.29) is 94.3 Å². The maximum atomic E-state index is 14.5. The number of ketones is 3. The monoisotopic (exact) mass is 1070 g/mol. The summed E-state index contributed by atoms with van der Waals surface area (Å²) in [6.07, 6.45) is 4.90. The fourth-order valence-corrected chi connectivity index (χ4v) is 10.8. The van der Waals surface area contributed by atoms with Gasteiger partial charge >= 0.3 is 12.1 Å². The highest BCUT2D eigenvalue weighted by atomic mass is 19.4. The largest absolute Gasteiger partial charge is 0.460 e. The Morgan fingerprint density at radius 2 is 1.59 bits per heavy atom. The Morgan fingerprint density at radius 3 is 2.27 bits per heavy atom. The molecule has 75 heavy (non-hydrogen) atoms. The Hall–Kier alpha value is -3.66. The van der Waals surface area contributed by atoms with Crippen molar-refractivity contribution in [3.8, 4) is 0 Å². The number of aliphatic hydroxyl groups excluding tert-OH is 2. The van der Waals surface area contributed by atoms with Gasteiger partial charge in [-0.25, -0.2) is 4.79 Å². The number of piperidine rings is 1. The van der Waals surface area contributed by atoms with E-state index in [2.05, 4.69) is 0 Å². The van der Waals surface area contributed by atoms with Crippen molar-refractivity contribution in [3.63, 3.8) is 0 Å². The molecule has 1 saturated carbocycles. The number of hydrogen-bond donors (Lipinski definition) is 3. The van der Waals surface area contributed by atoms with Crippen LogP contribution in [0, 0.1) is 35.5 Å². The van der Waals surface area contributed by atoms with Crippen molar-refractivity contribution in [1.29, 1.82) is 0 Å². The van der Waals surface area contributed by atoms with Gasteiger partial charge in [-0.15, -0.1) is 0 Å². The Morgan fingerprint density at radius 1 is 0.853 bits per heavy atom. The van der Waals surface area contributed by atoms with Crippen molar-refractivity contribution in [2.45, 2.75) is 186 Å². The fourth-order valence-electron chi connectivity index (χ4n) is 10.8. The van der Waals surface area contributed by atoms with Crippen molar-refractivity contribution in [2.75, 3.05) is 53.8 Å². The zero-order chi connectivity index (χ0) is 55.6. The van der Waals surface area contributed by atoms with Crippen LogP contribution in [0.5, 0.6) is 0 Å². The minimum absolute atomic E-state index is 0.00247. The molecule has 16 nitrogen and oxygen atoms in total. The number of carbonyl (C=O) groups excluding carboxylic acids is 5. The standard InChI is InChI=1S/C56H86F3NO15/c1-34-15-11-10-12-16-35(2)46(73-26-25-71-33-55(57,58)59)31-42-20-18-40(7)56(68,75-42)52(65)53(66)60-22-14-13-17-43(60)54(67)74-47(37(4)29-41-19-21-45(72-24-23-61)48(30-41)69-8)32-44(62)36(3)28-39(6)50(64)51(70-9)49(63)38(5)27-34/h10-12,15-16,28,34,36-38,40-43,45-48,50-51,61,64,68H,13-14,17-27,29-33H2,1-9H3/b12-10+,15-11-,35-16+,39-28+/t34-,36-,37-,38-,40-,41?,42+,43+,45-,46-,47?,48-,50-,51+,56-/m1/s1. The highest BCUT2D eigenvalue weighted by Crippen LogP contribution is 2.38. The summed E-state index contributed by atoms with van der Waals surface area (Å²) in [4.78, 5) is 72.5. The van der Waals surface area contributed by atoms with E-state index in [0.717, 1.165) is 11.3 Å². The molecule has 1 aliphatic carbocycles. The van der Waals surface area contributed by atoms with Crippen molar-refractivity contribution in [1.82, 2.24) is 4.90 Å². The number of fused-ring (bicyclic) bond motifs is 3. The molecule has 3 N–H and O–H groups in total. The van der Waals surface area contributed by atoms with Gasteiger partial charge in [0.25, 0.3) is 11.7 Å². The smallest absolute Gasteiger partial charge is 0.411 e. The van der Waals surface area contributed by atoms with Gasteiger partial charge in [0.05, 0.1) is 50.8 Å². The van der Waals surface area contributed by atoms with E-state index in [1.807, 2.05) is 19.9 Å². The Labute approximate surface area is 441 Å². The molecule has 0 aromatic heterocycles. The number of carbonyl (C=O) groups is 5. The van der Waals surface area contributed by atoms with Crippen LogP contribution >= 0.6 is 0 Å². The van der Waals surface area contributed by atoms with Gasteiger partial charge < -0.3 is 53.4 Å². The Bertz CT molecular complexity index is 1990. The number of ether oxygens (including phenoxy) is 7. The highest BCUT2D eigenvalue weighted by molar-refractivity contribution is 6.39. The second-order valence-electron chi connectivity index (χ2n) is 21.5. The number of aliphatic hydroxyl groups is 3. The van der Waals surface area contributed by atoms with Crippen LogP contribution in [0.15, 0.2) is 47.6 Å². The summed E-state index contributed by atoms with van der Waals surface area (Å²) < 4.78 is 79.0. The number of allylic oxidation sites excluding steroid dienone is 6. The van der Waals surface area contributed by atoms with Crippen molar-refractivity contribution < 1.29 is 85.6 Å². The summed E-state index contributed by atoms with van der Waals surface area (Å²) in [6.45, 7) is 10.2. The first kappa shape index (κ1) is 63.9. The second-order valence-corrected chi connectivity index (χ2v) is 21.5. The minimum atomic E-state index is -4.53. The second kappa shape index (κ2) is 30.5. The number of cyclic esters (lactones) is 1. The topological polar surface area (TPSA) is 214 Å². The zero-order valence-corrected chi connectivity index (χ0v) is 45.6. The molecule has 15 atom stereocenters. The van der Waals surface area contributed by atoms with E-state index in [4.69, 9.17) is 33.2 Å². The summed E-state index contributed by atoms with van der Waals surface area (Å²) in [5.41, 5.74) is 0.982. The van der Waals surface area contributed by atoms with Crippen LogP contribution in [0.4, 0.5) is 13.2 Å². The molecule has 1 amide bonds. The normalized spacial score (nSPS) is 36.9. The molecule has 2 unspecified atom stereocenters. The molecule has 0 spiro atoms. The summed E-state index contributed by atoms with van der Waals surface area (Å²) in [5, 5.41) is 33.0. The third-order valence-electron chi connectivity index (χ3n) is 15.4. The Kier molecular flexibility index (Phi) is 26.0. The predicted molar refractivity (Wildman–Crippen MR) is 272 cm³/mol. The number of halogens is 3. The van der Waals surface area contributed by atoms with E-state index in [0.29, 0.717) is 56.1 Å². The number of hydrogen-bond acceptors (Lipinski definition) is 15. The third kappa shape index (κ3) is 19.0. The first-order valence-corrected chi connectivity index (χ1v) is 26.9. The molecule has 19 heteroatoms. The number of amides is 1. The molecule has 0 aromatic carbocycles. The van der Waals surface area contributed by atoms with E-state index in [1.165, 1.54) is 7.11 Å². The molecular weight excluding hydrogens is 984 g/mol. The lowest BCUT2D eigenvalue weighted by atomic mass is 9.78. The first-order chi connectivity index (χ1) is 35.4. The number of esters is 1. The molecule has 0 aromatic rings. The average molecular weight is 1070 g/mol. The van der Waals surface area contributed by atoms with Gasteiger partial charge in [-0.1, -0.05) is 71.1 Å². The maximum absolute atomic E-state index is 14.5. The summed E-state index contributed by atoms with van der Waals surface area (Å²) >= 11 is 0. The van der Waals surface area contributed by atoms with Gasteiger partial charge in [0, 0.05) is 51.4 Å². The van der Waals surface area contributed by atoms with Gasteiger partial charge in [-0.05, 0) is 107 Å². The van der Waals surface area contributed by atoms with Crippen LogP contribution in [0.1, 0.15) is 126 Å². The molecule has 4 aliphatic rings. The fraction of sp³-hybridized carbons (Fsp3) is 0.768. The molecule has 2 saturated heterocycles. The summed E-state index contributed by atoms with van der Waals surface area (Å²) in [7, 11) is 2.94. The lowest BCUT2D eigenvalue weighted by Crippen LogP contribution is -2.61. The van der Waals surface area contributed by atoms with Crippen molar-refractivity contribution in [2.24, 2.45) is 35.5 Å². The van der Waals surface area contributed by atoms with Crippen molar-refractivity contribution in [3.05, 3.63) is 47.6 Å². The van der Waals surface area contributed by atoms with Crippen LogP contribution in [-0.2, 0) is 57.1 Å². The number of Topliss-reactive ketones (excluding diaryl/α,β-unsaturated/α-hetero) is 3. The van der Waals surface area contributed by atoms with Gasteiger partial charge in [-0.2, -0.15) is 13.2 Å². The molecule has 3 fully saturated rings. The van der Waals surface area contributed by atoms with Gasteiger partial charge in [0.15, 0.2) is 5.78 Å². The van der Waals surface area contributed by atoms with E-state index < -0.39 is 96.5 Å². The SMILES string of the molecule is CO[C@@H]1CC(C[C@@H](C)C2CC(=O)[C@H](C)/C=C(\C)[C@@H](O)[C@@H](OC)C(=O)[C@H](C)C[C@H](C)\C=C/C=C/C=C(\C)[C@H](OCCOCC(F)(F)F)C[C@@H]3CC[C@@H](C)[C@@](O)(O3)C(=O)C(=O)N3CCCC[C@H]3C(=O)O2)CC[C@H]1OCCO. The zero-order valence-electron chi connectivity index (χ0n) is 45.6. The van der Waals surface area contributed by atoms with Gasteiger partial charge in [0.2, 0.25) is 5.79 Å². The van der Waals surface area contributed by atoms with Gasteiger partial charge in [0.1, 0.15) is 36.7 Å². The lowest BCUT2D eigenvalue weighted by molar-refractivity contribution is -0.266. The molecule has 426 valence electrons. The molecule has 4 rings (SSSR count). The average Bonchev–Trinajstić information content (AvgIpc) is 3.37. The third-order valence-corrected chi connectivity index (χ3v) is 15.4. The number of rotatable bonds is 13. The molecule has 3 heterocycles. The lowest BCUT2D eigenvalue weighted by Gasteiger charge is -2.43. The van der Waals surface area contributed by atoms with E-state index in [9.17, 15) is 52.5 Å². The van der Waals surface area contributed by atoms with Crippen LogP contribution < -0.4 is 0 Å². The molecular formula is C56H86F3NO15. The van der Waals surface area contributed by atoms with Crippen LogP contribution in [0.3, 0.4) is 0 Å². The van der Waals surface area contributed by atoms with Gasteiger partial charge in [-0.3, -0.25) is 19.2 Å².